The van der Waals surface area contributed by atoms with E-state index in [1.807, 2.05) is 6.20 Å². The van der Waals surface area contributed by atoms with Crippen LogP contribution in [0.4, 0.5) is 0 Å². The minimum Gasteiger partial charge on any atom is -0.381 e. The van der Waals surface area contributed by atoms with E-state index in [0.717, 1.165) is 30.9 Å². The van der Waals surface area contributed by atoms with Crippen molar-refractivity contribution in [1.29, 1.82) is 0 Å². The van der Waals surface area contributed by atoms with Crippen LogP contribution < -0.4 is 0 Å². The maximum Gasteiger partial charge on any atom is 0.183 e. The van der Waals surface area contributed by atoms with E-state index in [1.54, 1.807) is 7.11 Å². The third-order valence-corrected chi connectivity index (χ3v) is 3.92. The highest BCUT2D eigenvalue weighted by molar-refractivity contribution is 7.15. The van der Waals surface area contributed by atoms with E-state index in [4.69, 9.17) is 21.1 Å². The molecule has 1 aromatic heterocycles. The molecule has 14 heavy (non-hydrogen) atoms. The van der Waals surface area contributed by atoms with Gasteiger partial charge in [0.2, 0.25) is 0 Å². The second-order valence-corrected chi connectivity index (χ2v) is 4.90. The van der Waals surface area contributed by atoms with Gasteiger partial charge in [-0.15, -0.1) is 11.3 Å². The molecular formula is C9H12ClNO2S. The zero-order chi connectivity index (χ0) is 10.0. The van der Waals surface area contributed by atoms with Gasteiger partial charge in [0, 0.05) is 39.4 Å². The van der Waals surface area contributed by atoms with E-state index in [1.165, 1.54) is 11.3 Å². The average molecular weight is 234 g/mol. The normalized spacial score (nSPS) is 21.0. The molecule has 0 radical (unpaired) electrons. The monoisotopic (exact) mass is 233 g/mol. The van der Waals surface area contributed by atoms with Gasteiger partial charge in [0.1, 0.15) is 5.60 Å². The van der Waals surface area contributed by atoms with Crippen molar-refractivity contribution in [2.45, 2.75) is 18.4 Å². The van der Waals surface area contributed by atoms with E-state index in [2.05, 4.69) is 4.98 Å². The molecule has 2 rings (SSSR count). The van der Waals surface area contributed by atoms with Crippen LogP contribution in [0.1, 0.15) is 17.7 Å². The first kappa shape index (κ1) is 10.4. The molecule has 1 fully saturated rings. The summed E-state index contributed by atoms with van der Waals surface area (Å²) in [6.07, 6.45) is 3.56. The van der Waals surface area contributed by atoms with Gasteiger partial charge in [-0.1, -0.05) is 11.6 Å². The van der Waals surface area contributed by atoms with Crippen molar-refractivity contribution in [3.8, 4) is 0 Å². The second-order valence-electron chi connectivity index (χ2n) is 3.29. The number of hydrogen-bond acceptors (Lipinski definition) is 4. The van der Waals surface area contributed by atoms with Crippen LogP contribution >= 0.6 is 22.9 Å². The van der Waals surface area contributed by atoms with E-state index >= 15 is 0 Å². The Labute approximate surface area is 92.0 Å². The smallest absolute Gasteiger partial charge is 0.183 e. The Hall–Kier alpha value is -0.160. The standard InChI is InChI=1S/C9H12ClNO2S/c1-12-9(2-4-13-5-3-9)7-6-11-8(10)14-7/h6H,2-5H2,1H3. The fraction of sp³-hybridized carbons (Fsp3) is 0.667. The van der Waals surface area contributed by atoms with E-state index < -0.39 is 0 Å². The van der Waals surface area contributed by atoms with Crippen molar-refractivity contribution in [2.75, 3.05) is 20.3 Å². The lowest BCUT2D eigenvalue weighted by Crippen LogP contribution is -2.34. The summed E-state index contributed by atoms with van der Waals surface area (Å²) in [5, 5.41) is 0. The maximum absolute atomic E-state index is 5.82. The molecule has 1 aliphatic rings. The van der Waals surface area contributed by atoms with Gasteiger partial charge < -0.3 is 9.47 Å². The Morgan fingerprint density at radius 2 is 2.29 bits per heavy atom. The van der Waals surface area contributed by atoms with Gasteiger partial charge in [0.25, 0.3) is 0 Å². The van der Waals surface area contributed by atoms with Crippen molar-refractivity contribution in [3.63, 3.8) is 0 Å². The lowest BCUT2D eigenvalue weighted by Gasteiger charge is -2.34. The highest BCUT2D eigenvalue weighted by Gasteiger charge is 2.36. The summed E-state index contributed by atoms with van der Waals surface area (Å²) >= 11 is 7.31. The fourth-order valence-electron chi connectivity index (χ4n) is 1.72. The first-order valence-electron chi connectivity index (χ1n) is 4.51. The Kier molecular flexibility index (Phi) is 3.07. The van der Waals surface area contributed by atoms with Gasteiger partial charge >= 0.3 is 0 Å². The first-order chi connectivity index (χ1) is 6.77. The molecule has 2 heterocycles. The molecule has 0 saturated carbocycles. The number of thiazole rings is 1. The van der Waals surface area contributed by atoms with Crippen molar-refractivity contribution in [1.82, 2.24) is 4.98 Å². The predicted octanol–water partition coefficient (Wildman–Crippen LogP) is 2.45. The molecule has 0 spiro atoms. The number of halogens is 1. The van der Waals surface area contributed by atoms with Crippen molar-refractivity contribution in [2.24, 2.45) is 0 Å². The predicted molar refractivity (Wildman–Crippen MR) is 55.9 cm³/mol. The third kappa shape index (κ3) is 1.80. The van der Waals surface area contributed by atoms with Crippen LogP contribution in [0.25, 0.3) is 0 Å². The summed E-state index contributed by atoms with van der Waals surface area (Å²) in [6, 6.07) is 0. The maximum atomic E-state index is 5.82. The Balaban J connectivity index is 2.26. The minimum atomic E-state index is -0.219. The SMILES string of the molecule is COC1(c2cnc(Cl)s2)CCOCC1. The van der Waals surface area contributed by atoms with Crippen LogP contribution in [0, 0.1) is 0 Å². The van der Waals surface area contributed by atoms with Gasteiger partial charge in [-0.05, 0) is 0 Å². The molecule has 0 aromatic carbocycles. The Morgan fingerprint density at radius 1 is 1.57 bits per heavy atom. The summed E-state index contributed by atoms with van der Waals surface area (Å²) in [5.41, 5.74) is -0.219. The Bertz CT molecular complexity index is 310. The largest absolute Gasteiger partial charge is 0.381 e. The second kappa shape index (κ2) is 4.14. The molecule has 0 unspecified atom stereocenters. The van der Waals surface area contributed by atoms with Crippen LogP contribution in [-0.4, -0.2) is 25.3 Å². The molecule has 0 aliphatic carbocycles. The van der Waals surface area contributed by atoms with Gasteiger partial charge in [0.05, 0.1) is 4.88 Å². The van der Waals surface area contributed by atoms with Crippen molar-refractivity contribution < 1.29 is 9.47 Å². The molecule has 0 bridgehead atoms. The van der Waals surface area contributed by atoms with Crippen LogP contribution in [-0.2, 0) is 15.1 Å². The molecule has 1 aromatic rings. The zero-order valence-corrected chi connectivity index (χ0v) is 9.53. The number of nitrogens with zero attached hydrogens (tertiary/aromatic N) is 1. The summed E-state index contributed by atoms with van der Waals surface area (Å²) in [7, 11) is 1.74. The average Bonchev–Trinajstić information content (AvgIpc) is 2.66. The third-order valence-electron chi connectivity index (χ3n) is 2.62. The van der Waals surface area contributed by atoms with Gasteiger partial charge in [-0.25, -0.2) is 4.98 Å². The zero-order valence-electron chi connectivity index (χ0n) is 7.96. The molecule has 1 saturated heterocycles. The molecule has 0 atom stereocenters. The number of aromatic nitrogens is 1. The molecule has 5 heteroatoms. The number of hydrogen-bond donors (Lipinski definition) is 0. The highest BCUT2D eigenvalue weighted by Crippen LogP contribution is 2.39. The molecular weight excluding hydrogens is 222 g/mol. The lowest BCUT2D eigenvalue weighted by atomic mass is 9.93. The summed E-state index contributed by atoms with van der Waals surface area (Å²) in [5.74, 6) is 0. The lowest BCUT2D eigenvalue weighted by molar-refractivity contribution is -0.0926. The minimum absolute atomic E-state index is 0.219. The van der Waals surface area contributed by atoms with E-state index in [9.17, 15) is 0 Å². The van der Waals surface area contributed by atoms with Crippen molar-refractivity contribution in [3.05, 3.63) is 15.5 Å². The fourth-order valence-corrected chi connectivity index (χ4v) is 2.88. The number of rotatable bonds is 2. The van der Waals surface area contributed by atoms with Crippen molar-refractivity contribution >= 4 is 22.9 Å². The highest BCUT2D eigenvalue weighted by atomic mass is 35.5. The first-order valence-corrected chi connectivity index (χ1v) is 5.71. The Morgan fingerprint density at radius 3 is 2.79 bits per heavy atom. The number of methoxy groups -OCH3 is 1. The van der Waals surface area contributed by atoms with Crippen LogP contribution in [0.2, 0.25) is 4.47 Å². The van der Waals surface area contributed by atoms with Gasteiger partial charge in [0.15, 0.2) is 4.47 Å². The van der Waals surface area contributed by atoms with Crippen LogP contribution in [0.15, 0.2) is 6.20 Å². The summed E-state index contributed by atoms with van der Waals surface area (Å²) in [4.78, 5) is 5.15. The number of ether oxygens (including phenoxy) is 2. The van der Waals surface area contributed by atoms with Gasteiger partial charge in [-0.2, -0.15) is 0 Å². The topological polar surface area (TPSA) is 31.4 Å². The van der Waals surface area contributed by atoms with Crippen LogP contribution in [0.3, 0.4) is 0 Å². The molecule has 3 nitrogen and oxygen atoms in total. The quantitative estimate of drug-likeness (QED) is 0.787. The molecule has 78 valence electrons. The molecule has 0 N–H and O–H groups in total. The summed E-state index contributed by atoms with van der Waals surface area (Å²) < 4.78 is 11.5. The van der Waals surface area contributed by atoms with E-state index in [-0.39, 0.29) is 5.60 Å². The van der Waals surface area contributed by atoms with E-state index in [0.29, 0.717) is 4.47 Å². The molecule has 1 aliphatic heterocycles. The summed E-state index contributed by atoms with van der Waals surface area (Å²) in [6.45, 7) is 1.48. The molecule has 0 amide bonds. The van der Waals surface area contributed by atoms with Crippen LogP contribution in [0.5, 0.6) is 0 Å². The van der Waals surface area contributed by atoms with Gasteiger partial charge in [-0.3, -0.25) is 0 Å².